The largest absolute Gasteiger partial charge is 0.465 e. The molecule has 2 aromatic carbocycles. The van der Waals surface area contributed by atoms with Gasteiger partial charge in [0.15, 0.2) is 0 Å². The molecule has 1 N–H and O–H groups in total. The first-order chi connectivity index (χ1) is 12.1. The average molecular weight is 376 g/mol. The minimum Gasteiger partial charge on any atom is -0.465 e. The van der Waals surface area contributed by atoms with Crippen molar-refractivity contribution in [2.75, 3.05) is 30.0 Å². The zero-order chi connectivity index (χ0) is 19.5. The Bertz CT molecular complexity index is 954. The van der Waals surface area contributed by atoms with Gasteiger partial charge in [-0.3, -0.25) is 9.10 Å². The minimum absolute atomic E-state index is 0.292. The molecule has 0 bridgehead atoms. The fraction of sp³-hybridized carbons (Fsp3) is 0.222. The molecule has 0 aliphatic heterocycles. The molecule has 0 fully saturated rings. The zero-order valence-electron chi connectivity index (χ0n) is 14.9. The number of esters is 1. The van der Waals surface area contributed by atoms with Gasteiger partial charge in [0.05, 0.1) is 24.6 Å². The molecule has 0 radical (unpaired) electrons. The van der Waals surface area contributed by atoms with Gasteiger partial charge in [0, 0.05) is 18.3 Å². The van der Waals surface area contributed by atoms with Gasteiger partial charge in [-0.05, 0) is 42.8 Å². The highest BCUT2D eigenvalue weighted by Gasteiger charge is 2.16. The van der Waals surface area contributed by atoms with Gasteiger partial charge in [-0.25, -0.2) is 13.2 Å². The molecule has 0 saturated carbocycles. The van der Waals surface area contributed by atoms with E-state index in [4.69, 9.17) is 4.74 Å². The van der Waals surface area contributed by atoms with E-state index in [1.807, 2.05) is 0 Å². The lowest BCUT2D eigenvalue weighted by Crippen LogP contribution is -2.25. The van der Waals surface area contributed by atoms with Crippen molar-refractivity contribution in [3.63, 3.8) is 0 Å². The molecule has 26 heavy (non-hydrogen) atoms. The molecule has 0 spiro atoms. The third-order valence-corrected chi connectivity index (χ3v) is 5.16. The van der Waals surface area contributed by atoms with Crippen LogP contribution in [0.25, 0.3) is 0 Å². The van der Waals surface area contributed by atoms with Gasteiger partial charge in [-0.15, -0.1) is 0 Å². The van der Waals surface area contributed by atoms with E-state index in [9.17, 15) is 18.0 Å². The predicted molar refractivity (Wildman–Crippen MR) is 100 cm³/mol. The van der Waals surface area contributed by atoms with Gasteiger partial charge < -0.3 is 10.1 Å². The first-order valence-corrected chi connectivity index (χ1v) is 9.53. The summed E-state index contributed by atoms with van der Waals surface area (Å²) in [5, 5.41) is 2.74. The topological polar surface area (TPSA) is 92.8 Å². The summed E-state index contributed by atoms with van der Waals surface area (Å²) in [6.07, 6.45) is 1.08. The molecule has 0 aromatic heterocycles. The highest BCUT2D eigenvalue weighted by molar-refractivity contribution is 7.92. The Morgan fingerprint density at radius 3 is 2.38 bits per heavy atom. The fourth-order valence-corrected chi connectivity index (χ4v) is 2.83. The highest BCUT2D eigenvalue weighted by Crippen LogP contribution is 2.22. The standard InChI is InChI=1S/C18H20N2O5S/c1-12-15(18(22)25-3)9-6-10-16(12)19-17(21)13-7-5-8-14(11-13)20(2)26(4,23)24/h5-11H,1-4H3,(H,19,21). The number of anilines is 2. The van der Waals surface area contributed by atoms with Crippen LogP contribution in [0, 0.1) is 6.92 Å². The number of carbonyl (C=O) groups is 2. The molecular formula is C18H20N2O5S. The van der Waals surface area contributed by atoms with Crippen LogP contribution in [-0.4, -0.2) is 40.7 Å². The van der Waals surface area contributed by atoms with Crippen LogP contribution >= 0.6 is 0 Å². The van der Waals surface area contributed by atoms with Gasteiger partial charge in [0.1, 0.15) is 0 Å². The number of nitrogens with zero attached hydrogens (tertiary/aromatic N) is 1. The van der Waals surface area contributed by atoms with E-state index >= 15 is 0 Å². The van der Waals surface area contributed by atoms with Crippen LogP contribution in [0.5, 0.6) is 0 Å². The van der Waals surface area contributed by atoms with Crippen molar-refractivity contribution < 1.29 is 22.7 Å². The molecule has 0 aliphatic carbocycles. The van der Waals surface area contributed by atoms with Gasteiger partial charge in [-0.2, -0.15) is 0 Å². The van der Waals surface area contributed by atoms with E-state index in [1.54, 1.807) is 43.3 Å². The number of hydrogen-bond acceptors (Lipinski definition) is 5. The summed E-state index contributed by atoms with van der Waals surface area (Å²) in [5.41, 5.74) is 2.08. The van der Waals surface area contributed by atoms with E-state index in [2.05, 4.69) is 5.32 Å². The zero-order valence-corrected chi connectivity index (χ0v) is 15.8. The molecule has 1 amide bonds. The average Bonchev–Trinajstić information content (AvgIpc) is 2.61. The maximum atomic E-state index is 12.5. The smallest absolute Gasteiger partial charge is 0.338 e. The second kappa shape index (κ2) is 7.57. The summed E-state index contributed by atoms with van der Waals surface area (Å²) >= 11 is 0. The number of benzene rings is 2. The van der Waals surface area contributed by atoms with Gasteiger partial charge in [-0.1, -0.05) is 12.1 Å². The van der Waals surface area contributed by atoms with Crippen LogP contribution in [0.3, 0.4) is 0 Å². The second-order valence-electron chi connectivity index (χ2n) is 5.70. The van der Waals surface area contributed by atoms with E-state index in [-0.39, 0.29) is 0 Å². The quantitative estimate of drug-likeness (QED) is 0.809. The molecule has 7 nitrogen and oxygen atoms in total. The fourth-order valence-electron chi connectivity index (χ4n) is 2.33. The van der Waals surface area contributed by atoms with Crippen LogP contribution in [0.15, 0.2) is 42.5 Å². The third-order valence-electron chi connectivity index (χ3n) is 3.96. The Hall–Kier alpha value is -2.87. The van der Waals surface area contributed by atoms with Crippen molar-refractivity contribution in [2.24, 2.45) is 0 Å². The maximum absolute atomic E-state index is 12.5. The van der Waals surface area contributed by atoms with Crippen molar-refractivity contribution in [1.29, 1.82) is 0 Å². The third kappa shape index (κ3) is 4.20. The van der Waals surface area contributed by atoms with Crippen LogP contribution in [0.1, 0.15) is 26.3 Å². The number of methoxy groups -OCH3 is 1. The van der Waals surface area contributed by atoms with Crippen molar-refractivity contribution in [1.82, 2.24) is 0 Å². The van der Waals surface area contributed by atoms with Gasteiger partial charge in [0.2, 0.25) is 10.0 Å². The van der Waals surface area contributed by atoms with Crippen molar-refractivity contribution in [3.05, 3.63) is 59.2 Å². The van der Waals surface area contributed by atoms with Crippen molar-refractivity contribution in [2.45, 2.75) is 6.92 Å². The molecule has 0 atom stereocenters. The summed E-state index contributed by atoms with van der Waals surface area (Å²) in [6.45, 7) is 1.70. The van der Waals surface area contributed by atoms with E-state index < -0.39 is 21.9 Å². The molecule has 2 aromatic rings. The SMILES string of the molecule is COC(=O)c1cccc(NC(=O)c2cccc(N(C)S(C)(=O)=O)c2)c1C. The summed E-state index contributed by atoms with van der Waals surface area (Å²) in [5.74, 6) is -0.908. The molecule has 8 heteroatoms. The normalized spacial score (nSPS) is 10.9. The Morgan fingerprint density at radius 2 is 1.77 bits per heavy atom. The second-order valence-corrected chi connectivity index (χ2v) is 7.72. The van der Waals surface area contributed by atoms with Crippen LogP contribution < -0.4 is 9.62 Å². The lowest BCUT2D eigenvalue weighted by molar-refractivity contribution is 0.0599. The minimum atomic E-state index is -3.43. The molecule has 138 valence electrons. The van der Waals surface area contributed by atoms with Crippen molar-refractivity contribution >= 4 is 33.3 Å². The van der Waals surface area contributed by atoms with Gasteiger partial charge in [0.25, 0.3) is 5.91 Å². The molecule has 2 rings (SSSR count). The summed E-state index contributed by atoms with van der Waals surface area (Å²) in [7, 11) is -0.730. The summed E-state index contributed by atoms with van der Waals surface area (Å²) in [4.78, 5) is 24.3. The molecule has 0 saturated heterocycles. The summed E-state index contributed by atoms with van der Waals surface area (Å²) < 4.78 is 29.1. The number of rotatable bonds is 5. The van der Waals surface area contributed by atoms with E-state index in [1.165, 1.54) is 20.2 Å². The molecular weight excluding hydrogens is 356 g/mol. The number of nitrogens with one attached hydrogen (secondary N) is 1. The number of carbonyl (C=O) groups excluding carboxylic acids is 2. The molecule has 0 unspecified atom stereocenters. The van der Waals surface area contributed by atoms with Crippen LogP contribution in [-0.2, 0) is 14.8 Å². The van der Waals surface area contributed by atoms with E-state index in [0.29, 0.717) is 28.1 Å². The summed E-state index contributed by atoms with van der Waals surface area (Å²) in [6, 6.07) is 11.2. The monoisotopic (exact) mass is 376 g/mol. The van der Waals surface area contributed by atoms with Crippen LogP contribution in [0.4, 0.5) is 11.4 Å². The highest BCUT2D eigenvalue weighted by atomic mass is 32.2. The number of ether oxygens (including phenoxy) is 1. The van der Waals surface area contributed by atoms with Crippen molar-refractivity contribution in [3.8, 4) is 0 Å². The Labute approximate surface area is 152 Å². The Kier molecular flexibility index (Phi) is 5.66. The van der Waals surface area contributed by atoms with Gasteiger partial charge >= 0.3 is 5.97 Å². The molecule has 0 aliphatic rings. The lowest BCUT2D eigenvalue weighted by Gasteiger charge is -2.17. The molecule has 0 heterocycles. The number of amides is 1. The first kappa shape index (κ1) is 19.5. The number of hydrogen-bond donors (Lipinski definition) is 1. The number of sulfonamides is 1. The Balaban J connectivity index is 2.31. The van der Waals surface area contributed by atoms with Crippen LogP contribution in [0.2, 0.25) is 0 Å². The predicted octanol–water partition coefficient (Wildman–Crippen LogP) is 2.43. The first-order valence-electron chi connectivity index (χ1n) is 7.68. The lowest BCUT2D eigenvalue weighted by atomic mass is 10.1. The van der Waals surface area contributed by atoms with E-state index in [0.717, 1.165) is 10.6 Å². The Morgan fingerprint density at radius 1 is 1.12 bits per heavy atom. The maximum Gasteiger partial charge on any atom is 0.338 e.